The van der Waals surface area contributed by atoms with E-state index in [0.717, 1.165) is 6.07 Å². The van der Waals surface area contributed by atoms with Crippen molar-refractivity contribution in [2.75, 3.05) is 0 Å². The van der Waals surface area contributed by atoms with Crippen molar-refractivity contribution in [3.8, 4) is 11.3 Å². The van der Waals surface area contributed by atoms with Crippen LogP contribution in [0.25, 0.3) is 11.3 Å². The molecule has 0 aliphatic carbocycles. The van der Waals surface area contributed by atoms with Gasteiger partial charge in [-0.2, -0.15) is 0 Å². The number of hydrogen-bond donors (Lipinski definition) is 0. The summed E-state index contributed by atoms with van der Waals surface area (Å²) in [5.74, 6) is -1.26. The maximum absolute atomic E-state index is 12.9. The minimum absolute atomic E-state index is 0.368. The first-order valence-corrected chi connectivity index (χ1v) is 4.88. The predicted molar refractivity (Wildman–Crippen MR) is 55.1 cm³/mol. The second-order valence-corrected chi connectivity index (χ2v) is 3.69. The molecule has 0 bridgehead atoms. The minimum atomic E-state index is -0.630. The van der Waals surface area contributed by atoms with Crippen LogP contribution in [0.4, 0.5) is 8.78 Å². The Morgan fingerprint density at radius 2 is 1.60 bits per heavy atom. The third-order valence-corrected chi connectivity index (χ3v) is 2.19. The molecule has 1 aromatic carbocycles. The zero-order chi connectivity index (χ0) is 10.8. The molecule has 0 aliphatic rings. The molecule has 2 rings (SSSR count). The molecule has 0 saturated heterocycles. The Morgan fingerprint density at radius 1 is 0.933 bits per heavy atom. The molecule has 15 heavy (non-hydrogen) atoms. The topological polar surface area (TPSA) is 25.8 Å². The van der Waals surface area contributed by atoms with E-state index in [-0.39, 0.29) is 0 Å². The van der Waals surface area contributed by atoms with Gasteiger partial charge in [0.05, 0.1) is 18.1 Å². The van der Waals surface area contributed by atoms with E-state index in [9.17, 15) is 8.78 Å². The van der Waals surface area contributed by atoms with Gasteiger partial charge in [0.25, 0.3) is 0 Å². The fourth-order valence-corrected chi connectivity index (χ4v) is 1.37. The van der Waals surface area contributed by atoms with E-state index in [1.807, 2.05) is 0 Å². The highest BCUT2D eigenvalue weighted by Gasteiger charge is 2.04. The molecule has 2 nitrogen and oxygen atoms in total. The molecule has 1 aromatic heterocycles. The van der Waals surface area contributed by atoms with Crippen molar-refractivity contribution in [1.29, 1.82) is 0 Å². The van der Waals surface area contributed by atoms with Crippen LogP contribution in [-0.4, -0.2) is 9.97 Å². The zero-order valence-electron chi connectivity index (χ0n) is 7.42. The molecule has 0 saturated carbocycles. The van der Waals surface area contributed by atoms with Crippen molar-refractivity contribution in [2.24, 2.45) is 0 Å². The summed E-state index contributed by atoms with van der Waals surface area (Å²) in [6.45, 7) is 0. The number of aromatic nitrogens is 2. The van der Waals surface area contributed by atoms with Gasteiger partial charge in [-0.1, -0.05) is 0 Å². The molecule has 0 aliphatic heterocycles. The first-order chi connectivity index (χ1) is 7.15. The molecule has 5 heteroatoms. The lowest BCUT2D eigenvalue weighted by Crippen LogP contribution is -1.88. The van der Waals surface area contributed by atoms with Gasteiger partial charge in [0, 0.05) is 11.6 Å². The summed E-state index contributed by atoms with van der Waals surface area (Å²) in [6.07, 6.45) is 2.91. The first kappa shape index (κ1) is 10.2. The van der Waals surface area contributed by atoms with Crippen LogP contribution < -0.4 is 0 Å². The van der Waals surface area contributed by atoms with Crippen LogP contribution in [0.1, 0.15) is 0 Å². The van der Waals surface area contributed by atoms with Gasteiger partial charge in [0.1, 0.15) is 16.2 Å². The Kier molecular flexibility index (Phi) is 2.73. The largest absolute Gasteiger partial charge is 0.252 e. The summed E-state index contributed by atoms with van der Waals surface area (Å²) in [5.41, 5.74) is 0.795. The van der Waals surface area contributed by atoms with Crippen LogP contribution in [-0.2, 0) is 0 Å². The molecule has 0 unspecified atom stereocenters. The Bertz CT molecular complexity index is 465. The average molecular weight is 271 g/mol. The standard InChI is InChI=1S/C10H5BrF2N2/c11-10-5-14-9(4-15-10)6-1-7(12)3-8(13)2-6/h1-5H. The summed E-state index contributed by atoms with van der Waals surface area (Å²) in [6, 6.07) is 3.23. The molecule has 2 aromatic rings. The van der Waals surface area contributed by atoms with E-state index in [4.69, 9.17) is 0 Å². The predicted octanol–water partition coefficient (Wildman–Crippen LogP) is 3.18. The maximum atomic E-state index is 12.9. The molecule has 0 spiro atoms. The van der Waals surface area contributed by atoms with Crippen molar-refractivity contribution in [2.45, 2.75) is 0 Å². The summed E-state index contributed by atoms with van der Waals surface area (Å²) in [5, 5.41) is 0. The van der Waals surface area contributed by atoms with Crippen molar-refractivity contribution >= 4 is 15.9 Å². The van der Waals surface area contributed by atoms with E-state index in [2.05, 4.69) is 25.9 Å². The lowest BCUT2D eigenvalue weighted by molar-refractivity contribution is 0.584. The fraction of sp³-hybridized carbons (Fsp3) is 0. The maximum Gasteiger partial charge on any atom is 0.126 e. The molecule has 0 fully saturated rings. The first-order valence-electron chi connectivity index (χ1n) is 4.09. The second-order valence-electron chi connectivity index (χ2n) is 2.88. The van der Waals surface area contributed by atoms with Gasteiger partial charge in [0.15, 0.2) is 0 Å². The van der Waals surface area contributed by atoms with Crippen LogP contribution in [0.5, 0.6) is 0 Å². The van der Waals surface area contributed by atoms with E-state index in [0.29, 0.717) is 15.9 Å². The van der Waals surface area contributed by atoms with Gasteiger partial charge in [0.2, 0.25) is 0 Å². The minimum Gasteiger partial charge on any atom is -0.252 e. The number of rotatable bonds is 1. The lowest BCUT2D eigenvalue weighted by atomic mass is 10.1. The summed E-state index contributed by atoms with van der Waals surface area (Å²) in [7, 11) is 0. The fourth-order valence-electron chi connectivity index (χ4n) is 1.16. The number of benzene rings is 1. The van der Waals surface area contributed by atoms with Gasteiger partial charge in [-0.05, 0) is 28.1 Å². The SMILES string of the molecule is Fc1cc(F)cc(-c2cnc(Br)cn2)c1. The van der Waals surface area contributed by atoms with Crippen LogP contribution in [0.15, 0.2) is 35.2 Å². The highest BCUT2D eigenvalue weighted by molar-refractivity contribution is 9.10. The normalized spacial score (nSPS) is 10.3. The molecule has 0 amide bonds. The Morgan fingerprint density at radius 3 is 2.13 bits per heavy atom. The second kappa shape index (κ2) is 4.02. The van der Waals surface area contributed by atoms with Crippen molar-refractivity contribution in [3.05, 3.63) is 46.8 Å². The van der Waals surface area contributed by atoms with Gasteiger partial charge >= 0.3 is 0 Å². The molecule has 0 atom stereocenters. The Hall–Kier alpha value is -1.36. The Labute approximate surface area is 93.1 Å². The summed E-state index contributed by atoms with van der Waals surface area (Å²) < 4.78 is 26.4. The zero-order valence-corrected chi connectivity index (χ0v) is 9.00. The van der Waals surface area contributed by atoms with Gasteiger partial charge in [-0.3, -0.25) is 4.98 Å². The highest BCUT2D eigenvalue weighted by Crippen LogP contribution is 2.19. The van der Waals surface area contributed by atoms with Crippen LogP contribution in [0.2, 0.25) is 0 Å². The van der Waals surface area contributed by atoms with Crippen molar-refractivity contribution in [3.63, 3.8) is 0 Å². The van der Waals surface area contributed by atoms with E-state index in [1.54, 1.807) is 0 Å². The molecule has 76 valence electrons. The summed E-state index contributed by atoms with van der Waals surface area (Å²) in [4.78, 5) is 7.91. The smallest absolute Gasteiger partial charge is 0.126 e. The highest BCUT2D eigenvalue weighted by atomic mass is 79.9. The monoisotopic (exact) mass is 270 g/mol. The third kappa shape index (κ3) is 2.36. The van der Waals surface area contributed by atoms with E-state index < -0.39 is 11.6 Å². The van der Waals surface area contributed by atoms with Crippen LogP contribution >= 0.6 is 15.9 Å². The van der Waals surface area contributed by atoms with Gasteiger partial charge in [-0.25, -0.2) is 13.8 Å². The molecule has 0 radical (unpaired) electrons. The van der Waals surface area contributed by atoms with E-state index >= 15 is 0 Å². The number of nitrogens with zero attached hydrogens (tertiary/aromatic N) is 2. The van der Waals surface area contributed by atoms with E-state index in [1.165, 1.54) is 24.5 Å². The number of halogens is 3. The van der Waals surface area contributed by atoms with Crippen LogP contribution in [0, 0.1) is 11.6 Å². The molecular weight excluding hydrogens is 266 g/mol. The van der Waals surface area contributed by atoms with Crippen molar-refractivity contribution in [1.82, 2.24) is 9.97 Å². The molecular formula is C10H5BrF2N2. The van der Waals surface area contributed by atoms with Crippen molar-refractivity contribution < 1.29 is 8.78 Å². The lowest BCUT2D eigenvalue weighted by Gasteiger charge is -2.00. The van der Waals surface area contributed by atoms with Gasteiger partial charge in [-0.15, -0.1) is 0 Å². The Balaban J connectivity index is 2.49. The quantitative estimate of drug-likeness (QED) is 0.796. The van der Waals surface area contributed by atoms with Crippen LogP contribution in [0.3, 0.4) is 0 Å². The summed E-state index contributed by atoms with van der Waals surface area (Å²) >= 11 is 3.13. The average Bonchev–Trinajstić information content (AvgIpc) is 2.17. The van der Waals surface area contributed by atoms with Gasteiger partial charge < -0.3 is 0 Å². The molecule has 1 heterocycles. The third-order valence-electron chi connectivity index (χ3n) is 1.78. The number of hydrogen-bond acceptors (Lipinski definition) is 2. The molecule has 0 N–H and O–H groups in total.